The zero-order valence-corrected chi connectivity index (χ0v) is 10.8. The van der Waals surface area contributed by atoms with Crippen LogP contribution in [0.3, 0.4) is 0 Å². The molecule has 0 aliphatic carbocycles. The summed E-state index contributed by atoms with van der Waals surface area (Å²) in [5, 5.41) is 11.1. The molecule has 0 heterocycles. The number of aliphatic hydroxyl groups is 1. The van der Waals surface area contributed by atoms with Gasteiger partial charge in [-0.3, -0.25) is 9.59 Å². The number of methoxy groups -OCH3 is 1. The predicted molar refractivity (Wildman–Crippen MR) is 69.5 cm³/mol. The summed E-state index contributed by atoms with van der Waals surface area (Å²) < 4.78 is 4.44. The molecule has 2 N–H and O–H groups in total. The molecule has 0 aliphatic heterocycles. The number of aryl methyl sites for hydroxylation is 1. The molecule has 100 valence electrons. The standard InChI is InChI=1S/C14H15NO4/c1-10-5-6-11(4-3-7-16)8-12(10)14(18)15-9-13(17)19-2/h5-6,8,16H,7,9H2,1-2H3,(H,15,18). The fourth-order valence-electron chi connectivity index (χ4n) is 1.41. The number of carbonyl (C=O) groups excluding carboxylic acids is 2. The molecule has 0 spiro atoms. The second-order valence-corrected chi connectivity index (χ2v) is 3.75. The summed E-state index contributed by atoms with van der Waals surface area (Å²) in [5.41, 5.74) is 1.84. The second-order valence-electron chi connectivity index (χ2n) is 3.75. The third-order valence-corrected chi connectivity index (χ3v) is 2.41. The van der Waals surface area contributed by atoms with Gasteiger partial charge in [-0.2, -0.15) is 0 Å². The van der Waals surface area contributed by atoms with E-state index in [0.717, 1.165) is 5.56 Å². The van der Waals surface area contributed by atoms with Gasteiger partial charge in [0.15, 0.2) is 0 Å². The molecule has 1 aromatic carbocycles. The average Bonchev–Trinajstić information content (AvgIpc) is 2.43. The van der Waals surface area contributed by atoms with Crippen molar-refractivity contribution in [1.29, 1.82) is 0 Å². The van der Waals surface area contributed by atoms with Crippen LogP contribution < -0.4 is 5.32 Å². The minimum atomic E-state index is -0.512. The van der Waals surface area contributed by atoms with E-state index in [1.807, 2.05) is 0 Å². The van der Waals surface area contributed by atoms with E-state index in [1.54, 1.807) is 25.1 Å². The molecular formula is C14H15NO4. The van der Waals surface area contributed by atoms with Gasteiger partial charge < -0.3 is 15.2 Å². The van der Waals surface area contributed by atoms with Crippen molar-refractivity contribution in [3.8, 4) is 11.8 Å². The maximum Gasteiger partial charge on any atom is 0.325 e. The minimum Gasteiger partial charge on any atom is -0.468 e. The molecule has 0 saturated carbocycles. The Balaban J connectivity index is 2.86. The lowest BCUT2D eigenvalue weighted by molar-refractivity contribution is -0.139. The van der Waals surface area contributed by atoms with Gasteiger partial charge in [-0.25, -0.2) is 0 Å². The number of nitrogens with one attached hydrogen (secondary N) is 1. The highest BCUT2D eigenvalue weighted by atomic mass is 16.5. The molecule has 1 amide bonds. The number of benzene rings is 1. The third-order valence-electron chi connectivity index (χ3n) is 2.41. The van der Waals surface area contributed by atoms with Gasteiger partial charge in [0.2, 0.25) is 0 Å². The van der Waals surface area contributed by atoms with Crippen LogP contribution in [0.5, 0.6) is 0 Å². The van der Waals surface area contributed by atoms with E-state index in [9.17, 15) is 9.59 Å². The van der Waals surface area contributed by atoms with Crippen molar-refractivity contribution in [2.75, 3.05) is 20.3 Å². The van der Waals surface area contributed by atoms with Crippen molar-refractivity contribution in [2.45, 2.75) is 6.92 Å². The lowest BCUT2D eigenvalue weighted by atomic mass is 10.0. The van der Waals surface area contributed by atoms with Crippen molar-refractivity contribution < 1.29 is 19.4 Å². The SMILES string of the molecule is COC(=O)CNC(=O)c1cc(C#CCO)ccc1C. The highest BCUT2D eigenvalue weighted by Crippen LogP contribution is 2.10. The van der Waals surface area contributed by atoms with E-state index in [0.29, 0.717) is 11.1 Å². The largest absolute Gasteiger partial charge is 0.468 e. The van der Waals surface area contributed by atoms with Gasteiger partial charge >= 0.3 is 5.97 Å². The number of amides is 1. The average molecular weight is 261 g/mol. The van der Waals surface area contributed by atoms with E-state index in [2.05, 4.69) is 21.9 Å². The molecule has 0 atom stereocenters. The van der Waals surface area contributed by atoms with Crippen LogP contribution in [0.4, 0.5) is 0 Å². The van der Waals surface area contributed by atoms with Crippen molar-refractivity contribution >= 4 is 11.9 Å². The summed E-state index contributed by atoms with van der Waals surface area (Å²) in [5.74, 6) is 4.35. The predicted octanol–water partition coefficient (Wildman–Crippen LogP) is 0.242. The first-order valence-corrected chi connectivity index (χ1v) is 5.64. The van der Waals surface area contributed by atoms with Crippen LogP contribution >= 0.6 is 0 Å². The molecule has 5 heteroatoms. The van der Waals surface area contributed by atoms with Crippen molar-refractivity contribution in [3.05, 3.63) is 34.9 Å². The Morgan fingerprint density at radius 2 is 2.16 bits per heavy atom. The molecule has 1 aromatic rings. The van der Waals surface area contributed by atoms with Crippen LogP contribution in [-0.4, -0.2) is 37.2 Å². The number of aliphatic hydroxyl groups excluding tert-OH is 1. The van der Waals surface area contributed by atoms with E-state index < -0.39 is 5.97 Å². The first kappa shape index (κ1) is 14.7. The zero-order chi connectivity index (χ0) is 14.3. The van der Waals surface area contributed by atoms with Gasteiger partial charge in [0.1, 0.15) is 13.2 Å². The first-order valence-electron chi connectivity index (χ1n) is 5.64. The second kappa shape index (κ2) is 7.19. The van der Waals surface area contributed by atoms with Crippen molar-refractivity contribution in [3.63, 3.8) is 0 Å². The van der Waals surface area contributed by atoms with Crippen LogP contribution in [0, 0.1) is 18.8 Å². The molecule has 19 heavy (non-hydrogen) atoms. The Bertz CT molecular complexity index is 540. The monoisotopic (exact) mass is 261 g/mol. The maximum atomic E-state index is 11.9. The summed E-state index contributed by atoms with van der Waals surface area (Å²) in [6.45, 7) is 1.37. The van der Waals surface area contributed by atoms with Crippen LogP contribution in [0.2, 0.25) is 0 Å². The van der Waals surface area contributed by atoms with E-state index in [1.165, 1.54) is 7.11 Å². The Labute approximate surface area is 111 Å². The molecular weight excluding hydrogens is 246 g/mol. The molecule has 5 nitrogen and oxygen atoms in total. The molecule has 0 bridgehead atoms. The van der Waals surface area contributed by atoms with Gasteiger partial charge in [0.25, 0.3) is 5.91 Å². The van der Waals surface area contributed by atoms with Gasteiger partial charge in [0, 0.05) is 11.1 Å². The van der Waals surface area contributed by atoms with Crippen LogP contribution in [-0.2, 0) is 9.53 Å². The lowest BCUT2D eigenvalue weighted by Crippen LogP contribution is -2.30. The Kier molecular flexibility index (Phi) is 5.58. The fraction of sp³-hybridized carbons (Fsp3) is 0.286. The minimum absolute atomic E-state index is 0.179. The maximum absolute atomic E-state index is 11.9. The van der Waals surface area contributed by atoms with Gasteiger partial charge in [0.05, 0.1) is 7.11 Å². The molecule has 0 fully saturated rings. The molecule has 0 saturated heterocycles. The Morgan fingerprint density at radius 1 is 1.42 bits per heavy atom. The van der Waals surface area contributed by atoms with E-state index in [4.69, 9.17) is 5.11 Å². The number of esters is 1. The summed E-state index contributed by atoms with van der Waals surface area (Å²) in [7, 11) is 1.25. The smallest absolute Gasteiger partial charge is 0.325 e. The van der Waals surface area contributed by atoms with E-state index in [-0.39, 0.29) is 19.1 Å². The summed E-state index contributed by atoms with van der Waals surface area (Å²) in [6.07, 6.45) is 0. The summed E-state index contributed by atoms with van der Waals surface area (Å²) >= 11 is 0. The molecule has 0 radical (unpaired) electrons. The fourth-order valence-corrected chi connectivity index (χ4v) is 1.41. The number of hydrogen-bond donors (Lipinski definition) is 2. The zero-order valence-electron chi connectivity index (χ0n) is 10.8. The summed E-state index contributed by atoms with van der Waals surface area (Å²) in [4.78, 5) is 22.8. The lowest BCUT2D eigenvalue weighted by Gasteiger charge is -2.07. The topological polar surface area (TPSA) is 75.6 Å². The Hall–Kier alpha value is -2.32. The van der Waals surface area contributed by atoms with E-state index >= 15 is 0 Å². The third kappa shape index (κ3) is 4.45. The van der Waals surface area contributed by atoms with Crippen LogP contribution in [0.25, 0.3) is 0 Å². The molecule has 0 unspecified atom stereocenters. The van der Waals surface area contributed by atoms with Gasteiger partial charge in [-0.15, -0.1) is 0 Å². The first-order chi connectivity index (χ1) is 9.08. The number of rotatable bonds is 3. The van der Waals surface area contributed by atoms with Gasteiger partial charge in [-0.05, 0) is 24.6 Å². The molecule has 0 aliphatic rings. The number of hydrogen-bond acceptors (Lipinski definition) is 4. The quantitative estimate of drug-likeness (QED) is 0.604. The summed E-state index contributed by atoms with van der Waals surface area (Å²) in [6, 6.07) is 5.13. The molecule has 0 aromatic heterocycles. The Morgan fingerprint density at radius 3 is 2.79 bits per heavy atom. The highest BCUT2D eigenvalue weighted by molar-refractivity contribution is 5.97. The highest BCUT2D eigenvalue weighted by Gasteiger charge is 2.11. The van der Waals surface area contributed by atoms with Crippen LogP contribution in [0.1, 0.15) is 21.5 Å². The molecule has 1 rings (SSSR count). The number of carbonyl (C=O) groups is 2. The normalized spacial score (nSPS) is 9.21. The van der Waals surface area contributed by atoms with Gasteiger partial charge in [-0.1, -0.05) is 17.9 Å². The van der Waals surface area contributed by atoms with Crippen molar-refractivity contribution in [2.24, 2.45) is 0 Å². The van der Waals surface area contributed by atoms with Crippen LogP contribution in [0.15, 0.2) is 18.2 Å². The number of ether oxygens (including phenoxy) is 1. The van der Waals surface area contributed by atoms with Crippen molar-refractivity contribution in [1.82, 2.24) is 5.32 Å².